The fourth-order valence-corrected chi connectivity index (χ4v) is 5.53. The first kappa shape index (κ1) is 21.4. The number of benzene rings is 1. The molecule has 5 rings (SSSR count). The van der Waals surface area contributed by atoms with E-state index in [-0.39, 0.29) is 34.3 Å². The highest BCUT2D eigenvalue weighted by Gasteiger charge is 2.58. The van der Waals surface area contributed by atoms with Crippen molar-refractivity contribution in [1.82, 2.24) is 20.2 Å². The maximum Gasteiger partial charge on any atom is 0.418 e. The number of amides is 1. The van der Waals surface area contributed by atoms with Crippen LogP contribution in [0.4, 0.5) is 18.9 Å². The van der Waals surface area contributed by atoms with Crippen LogP contribution in [0.15, 0.2) is 24.5 Å². The predicted octanol–water partition coefficient (Wildman–Crippen LogP) is 3.32. The fraction of sp³-hybridized carbons (Fsp3) is 0.609. The van der Waals surface area contributed by atoms with Gasteiger partial charge in [-0.1, -0.05) is 0 Å². The van der Waals surface area contributed by atoms with Crippen LogP contribution in [0.2, 0.25) is 0 Å². The summed E-state index contributed by atoms with van der Waals surface area (Å²) >= 11 is 0. The molecule has 1 spiro atoms. The van der Waals surface area contributed by atoms with Crippen LogP contribution in [0.25, 0.3) is 11.0 Å². The maximum absolute atomic E-state index is 13.4. The zero-order valence-electron chi connectivity index (χ0n) is 18.3. The van der Waals surface area contributed by atoms with E-state index < -0.39 is 11.7 Å². The van der Waals surface area contributed by atoms with Gasteiger partial charge in [0.25, 0.3) is 0 Å². The minimum absolute atomic E-state index is 0.0753. The second-order valence-electron chi connectivity index (χ2n) is 9.98. The second-order valence-corrected chi connectivity index (χ2v) is 9.98. The number of anilines is 1. The van der Waals surface area contributed by atoms with Crippen molar-refractivity contribution in [3.8, 4) is 0 Å². The Morgan fingerprint density at radius 1 is 1.19 bits per heavy atom. The van der Waals surface area contributed by atoms with Gasteiger partial charge in [0, 0.05) is 43.5 Å². The van der Waals surface area contributed by atoms with E-state index in [4.69, 9.17) is 0 Å². The number of halogens is 3. The highest BCUT2D eigenvalue weighted by Crippen LogP contribution is 2.57. The molecule has 9 heteroatoms. The van der Waals surface area contributed by atoms with Crippen LogP contribution in [0.3, 0.4) is 0 Å². The van der Waals surface area contributed by atoms with Gasteiger partial charge in [0.2, 0.25) is 5.91 Å². The lowest BCUT2D eigenvalue weighted by Crippen LogP contribution is -2.49. The van der Waals surface area contributed by atoms with E-state index in [1.54, 1.807) is 0 Å². The van der Waals surface area contributed by atoms with Crippen molar-refractivity contribution in [3.63, 3.8) is 0 Å². The minimum Gasteiger partial charge on any atom is -0.368 e. The molecule has 0 radical (unpaired) electrons. The third kappa shape index (κ3) is 3.80. The van der Waals surface area contributed by atoms with Gasteiger partial charge in [0.05, 0.1) is 17.2 Å². The molecule has 1 N–H and O–H groups in total. The van der Waals surface area contributed by atoms with Crippen LogP contribution in [-0.4, -0.2) is 60.5 Å². The predicted molar refractivity (Wildman–Crippen MR) is 115 cm³/mol. The van der Waals surface area contributed by atoms with Crippen molar-refractivity contribution >= 4 is 22.6 Å². The number of hydrogen-bond donors (Lipinski definition) is 1. The van der Waals surface area contributed by atoms with E-state index in [1.807, 2.05) is 4.90 Å². The number of nitrogens with zero attached hydrogens (tertiary/aromatic N) is 4. The SMILES string of the molecule is CN(C)CC1CC(NC(=O)C2CN(c3ccc(C(F)(F)F)c4nccnc34)CC23CC3)C1. The average molecular weight is 448 g/mol. The Morgan fingerprint density at radius 2 is 1.88 bits per heavy atom. The minimum atomic E-state index is -4.49. The van der Waals surface area contributed by atoms with Crippen molar-refractivity contribution in [2.24, 2.45) is 17.3 Å². The highest BCUT2D eigenvalue weighted by atomic mass is 19.4. The van der Waals surface area contributed by atoms with Gasteiger partial charge in [-0.25, -0.2) is 0 Å². The monoisotopic (exact) mass is 447 g/mol. The molecule has 1 saturated heterocycles. The van der Waals surface area contributed by atoms with Crippen molar-refractivity contribution in [2.75, 3.05) is 38.6 Å². The number of aromatic nitrogens is 2. The summed E-state index contributed by atoms with van der Waals surface area (Å²) in [6.45, 7) is 2.20. The number of carbonyl (C=O) groups is 1. The first-order valence-electron chi connectivity index (χ1n) is 11.2. The van der Waals surface area contributed by atoms with E-state index in [9.17, 15) is 18.0 Å². The summed E-state index contributed by atoms with van der Waals surface area (Å²) in [4.78, 5) is 25.6. The molecule has 3 aliphatic rings. The van der Waals surface area contributed by atoms with Crippen LogP contribution in [0, 0.1) is 17.3 Å². The standard InChI is InChI=1S/C23H28F3N5O/c1-30(2)11-14-9-15(10-14)29-21(32)17-12-31(13-22(17)5-6-22)18-4-3-16(23(24,25)26)19-20(18)28-8-7-27-19/h3-4,7-8,14-15,17H,5-6,9-13H2,1-2H3,(H,29,32). The first-order valence-corrected chi connectivity index (χ1v) is 11.2. The van der Waals surface area contributed by atoms with E-state index in [1.165, 1.54) is 18.5 Å². The zero-order valence-corrected chi connectivity index (χ0v) is 18.3. The molecule has 2 aliphatic carbocycles. The molecule has 6 nitrogen and oxygen atoms in total. The Morgan fingerprint density at radius 3 is 2.50 bits per heavy atom. The summed E-state index contributed by atoms with van der Waals surface area (Å²) in [6, 6.07) is 2.79. The molecule has 1 atom stereocenters. The lowest BCUT2D eigenvalue weighted by Gasteiger charge is -2.38. The van der Waals surface area contributed by atoms with E-state index in [2.05, 4.69) is 34.3 Å². The van der Waals surface area contributed by atoms with Crippen molar-refractivity contribution in [3.05, 3.63) is 30.1 Å². The summed E-state index contributed by atoms with van der Waals surface area (Å²) in [5, 5.41) is 3.23. The molecule has 1 aromatic carbocycles. The van der Waals surface area contributed by atoms with Gasteiger partial charge in [-0.2, -0.15) is 13.2 Å². The molecule has 1 aliphatic heterocycles. The van der Waals surface area contributed by atoms with Gasteiger partial charge in [-0.05, 0) is 57.8 Å². The van der Waals surface area contributed by atoms with Crippen LogP contribution in [-0.2, 0) is 11.0 Å². The quantitative estimate of drug-likeness (QED) is 0.762. The van der Waals surface area contributed by atoms with Gasteiger partial charge >= 0.3 is 6.18 Å². The normalized spacial score (nSPS) is 26.6. The lowest BCUT2D eigenvalue weighted by molar-refractivity contribution is -0.136. The Bertz CT molecular complexity index is 1030. The maximum atomic E-state index is 13.4. The summed E-state index contributed by atoms with van der Waals surface area (Å²) in [7, 11) is 4.12. The zero-order chi connectivity index (χ0) is 22.7. The molecule has 2 saturated carbocycles. The highest BCUT2D eigenvalue weighted by molar-refractivity contribution is 5.92. The number of hydrogen-bond acceptors (Lipinski definition) is 5. The summed E-state index contributed by atoms with van der Waals surface area (Å²) in [6.07, 6.45) is 2.16. The summed E-state index contributed by atoms with van der Waals surface area (Å²) in [5.74, 6) is 0.562. The van der Waals surface area contributed by atoms with Gasteiger partial charge in [0.1, 0.15) is 11.0 Å². The average Bonchev–Trinajstić information content (AvgIpc) is 3.36. The van der Waals surface area contributed by atoms with E-state index in [0.717, 1.165) is 38.3 Å². The molecular weight excluding hydrogens is 419 g/mol. The van der Waals surface area contributed by atoms with Gasteiger partial charge in [-0.15, -0.1) is 0 Å². The van der Waals surface area contributed by atoms with Crippen LogP contribution >= 0.6 is 0 Å². The van der Waals surface area contributed by atoms with Gasteiger partial charge < -0.3 is 15.1 Å². The first-order chi connectivity index (χ1) is 15.2. The van der Waals surface area contributed by atoms with Crippen LogP contribution < -0.4 is 10.2 Å². The molecule has 2 heterocycles. The lowest BCUT2D eigenvalue weighted by atomic mass is 9.79. The third-order valence-corrected chi connectivity index (χ3v) is 7.31. The largest absolute Gasteiger partial charge is 0.418 e. The Balaban J connectivity index is 1.33. The number of alkyl halides is 3. The van der Waals surface area contributed by atoms with Gasteiger partial charge in [-0.3, -0.25) is 14.8 Å². The van der Waals surface area contributed by atoms with E-state index >= 15 is 0 Å². The van der Waals surface area contributed by atoms with Crippen molar-refractivity contribution < 1.29 is 18.0 Å². The molecule has 32 heavy (non-hydrogen) atoms. The molecule has 172 valence electrons. The molecule has 0 bridgehead atoms. The number of nitrogens with one attached hydrogen (secondary N) is 1. The second kappa shape index (κ2) is 7.57. The Kier molecular flexibility index (Phi) is 5.07. The molecule has 1 unspecified atom stereocenters. The number of fused-ring (bicyclic) bond motifs is 1. The third-order valence-electron chi connectivity index (χ3n) is 7.31. The fourth-order valence-electron chi connectivity index (χ4n) is 5.53. The van der Waals surface area contributed by atoms with Crippen LogP contribution in [0.1, 0.15) is 31.2 Å². The van der Waals surface area contributed by atoms with Gasteiger partial charge in [0.15, 0.2) is 0 Å². The molecule has 1 aromatic heterocycles. The van der Waals surface area contributed by atoms with Crippen molar-refractivity contribution in [1.29, 1.82) is 0 Å². The molecule has 3 fully saturated rings. The smallest absolute Gasteiger partial charge is 0.368 e. The summed E-state index contributed by atoms with van der Waals surface area (Å²) < 4.78 is 40.3. The number of rotatable bonds is 5. The summed E-state index contributed by atoms with van der Waals surface area (Å²) in [5.41, 5.74) is -0.136. The number of carbonyl (C=O) groups excluding carboxylic acids is 1. The Labute approximate surface area is 185 Å². The topological polar surface area (TPSA) is 61.4 Å². The van der Waals surface area contributed by atoms with E-state index in [0.29, 0.717) is 24.7 Å². The van der Waals surface area contributed by atoms with Crippen LogP contribution in [0.5, 0.6) is 0 Å². The molecule has 2 aromatic rings. The van der Waals surface area contributed by atoms with Crippen molar-refractivity contribution in [2.45, 2.75) is 37.9 Å². The molecule has 1 amide bonds. The molecular formula is C23H28F3N5O. The Hall–Kier alpha value is -2.42.